The molecule has 8 nitrogen and oxygen atoms in total. The number of carbonyl (C=O) groups excluding carboxylic acids is 2. The minimum absolute atomic E-state index is 0.0197. The number of rotatable bonds is 4. The van der Waals surface area contributed by atoms with E-state index in [4.69, 9.17) is 9.47 Å². The second-order valence-corrected chi connectivity index (χ2v) is 11.3. The molecule has 1 saturated heterocycles. The molecule has 3 aliphatic rings. The summed E-state index contributed by atoms with van der Waals surface area (Å²) in [5.74, 6) is -0.782. The van der Waals surface area contributed by atoms with Gasteiger partial charge in [-0.1, -0.05) is 49.7 Å². The molecule has 0 aliphatic carbocycles. The van der Waals surface area contributed by atoms with Crippen LogP contribution in [-0.2, 0) is 15.2 Å². The molecule has 2 aromatic heterocycles. The highest BCUT2D eigenvalue weighted by Crippen LogP contribution is 2.53. The number of carbonyl (C=O) groups is 2. The first kappa shape index (κ1) is 23.2. The van der Waals surface area contributed by atoms with Crippen molar-refractivity contribution in [1.82, 2.24) is 14.5 Å². The van der Waals surface area contributed by atoms with E-state index in [1.807, 2.05) is 62.4 Å². The SMILES string of the molecule is CCC[C@H](C)O[C@H]1C[C@H]2O[C@@](C)([C@@H]1O)n1c3ccccc3c3c4c(c5c6ccccc6n2c5c31)C(=O)NC4=O. The van der Waals surface area contributed by atoms with E-state index < -0.39 is 30.1 Å². The van der Waals surface area contributed by atoms with Crippen molar-refractivity contribution in [3.05, 3.63) is 59.7 Å². The zero-order valence-corrected chi connectivity index (χ0v) is 22.0. The highest BCUT2D eigenvalue weighted by atomic mass is 16.6. The minimum Gasteiger partial charge on any atom is -0.385 e. The van der Waals surface area contributed by atoms with E-state index in [-0.39, 0.29) is 12.0 Å². The number of fused-ring (bicyclic) bond motifs is 13. The predicted molar refractivity (Wildman–Crippen MR) is 148 cm³/mol. The number of benzene rings is 3. The number of ether oxygens (including phenoxy) is 2. The molecule has 2 bridgehead atoms. The Hall–Kier alpha value is -3.72. The van der Waals surface area contributed by atoms with Crippen LogP contribution < -0.4 is 5.32 Å². The van der Waals surface area contributed by atoms with Gasteiger partial charge in [0.1, 0.15) is 12.3 Å². The number of aliphatic hydroxyl groups excluding tert-OH is 1. The topological polar surface area (TPSA) is 94.7 Å². The van der Waals surface area contributed by atoms with E-state index in [1.165, 1.54) is 0 Å². The predicted octanol–water partition coefficient (Wildman–Crippen LogP) is 5.33. The van der Waals surface area contributed by atoms with Crippen molar-refractivity contribution in [3.63, 3.8) is 0 Å². The number of hydrogen-bond acceptors (Lipinski definition) is 5. The van der Waals surface area contributed by atoms with Gasteiger partial charge >= 0.3 is 0 Å². The number of imide groups is 1. The average Bonchev–Trinajstić information content (AvgIpc) is 3.51. The molecule has 5 aromatic rings. The summed E-state index contributed by atoms with van der Waals surface area (Å²) in [6, 6.07) is 15.8. The van der Waals surface area contributed by atoms with Gasteiger partial charge in [-0.3, -0.25) is 14.9 Å². The summed E-state index contributed by atoms with van der Waals surface area (Å²) in [6.07, 6.45) is 0.401. The second kappa shape index (κ2) is 7.69. The number of hydrogen-bond donors (Lipinski definition) is 2. The van der Waals surface area contributed by atoms with Crippen LogP contribution in [0.5, 0.6) is 0 Å². The fraction of sp³-hybridized carbons (Fsp3) is 0.355. The molecule has 8 rings (SSSR count). The van der Waals surface area contributed by atoms with Crippen LogP contribution in [0.25, 0.3) is 43.6 Å². The van der Waals surface area contributed by atoms with Gasteiger partial charge in [-0.05, 0) is 32.4 Å². The molecule has 198 valence electrons. The summed E-state index contributed by atoms with van der Waals surface area (Å²) in [5.41, 5.74) is 2.98. The van der Waals surface area contributed by atoms with E-state index in [2.05, 4.69) is 21.4 Å². The van der Waals surface area contributed by atoms with Gasteiger partial charge < -0.3 is 23.7 Å². The van der Waals surface area contributed by atoms with Gasteiger partial charge in [-0.25, -0.2) is 0 Å². The van der Waals surface area contributed by atoms with Crippen LogP contribution in [0.1, 0.15) is 67.0 Å². The molecule has 5 atom stereocenters. The summed E-state index contributed by atoms with van der Waals surface area (Å²) in [4.78, 5) is 26.8. The Morgan fingerprint density at radius 2 is 1.64 bits per heavy atom. The molecule has 0 spiro atoms. The molecule has 0 unspecified atom stereocenters. The lowest BCUT2D eigenvalue weighted by Crippen LogP contribution is -2.56. The molecule has 2 N–H and O–H groups in total. The molecular weight excluding hydrogens is 494 g/mol. The third-order valence-corrected chi connectivity index (χ3v) is 8.98. The van der Waals surface area contributed by atoms with Gasteiger partial charge in [-0.2, -0.15) is 0 Å². The van der Waals surface area contributed by atoms with Crippen molar-refractivity contribution in [1.29, 1.82) is 0 Å². The van der Waals surface area contributed by atoms with Crippen LogP contribution in [-0.4, -0.2) is 44.4 Å². The number of para-hydroxylation sites is 2. The van der Waals surface area contributed by atoms with Crippen molar-refractivity contribution in [2.24, 2.45) is 0 Å². The minimum atomic E-state index is -1.19. The fourth-order valence-corrected chi connectivity index (χ4v) is 7.47. The number of nitrogens with zero attached hydrogens (tertiary/aromatic N) is 2. The lowest BCUT2D eigenvalue weighted by molar-refractivity contribution is -0.284. The first-order valence-corrected chi connectivity index (χ1v) is 13.7. The maximum atomic E-state index is 13.4. The lowest BCUT2D eigenvalue weighted by Gasteiger charge is -2.47. The summed E-state index contributed by atoms with van der Waals surface area (Å²) < 4.78 is 17.6. The maximum absolute atomic E-state index is 13.4. The van der Waals surface area contributed by atoms with Crippen molar-refractivity contribution >= 4 is 55.4 Å². The number of amides is 2. The van der Waals surface area contributed by atoms with E-state index in [0.29, 0.717) is 22.9 Å². The Labute approximate surface area is 224 Å². The van der Waals surface area contributed by atoms with Crippen LogP contribution in [0.2, 0.25) is 0 Å². The van der Waals surface area contributed by atoms with Crippen LogP contribution in [0, 0.1) is 0 Å². The van der Waals surface area contributed by atoms with Crippen LogP contribution in [0.3, 0.4) is 0 Å². The third-order valence-electron chi connectivity index (χ3n) is 8.98. The van der Waals surface area contributed by atoms with Crippen molar-refractivity contribution in [2.45, 2.75) is 70.3 Å². The van der Waals surface area contributed by atoms with Gasteiger partial charge in [0, 0.05) is 28.0 Å². The number of aromatic nitrogens is 2. The van der Waals surface area contributed by atoms with Crippen molar-refractivity contribution in [3.8, 4) is 0 Å². The summed E-state index contributed by atoms with van der Waals surface area (Å²) in [7, 11) is 0. The van der Waals surface area contributed by atoms with Gasteiger partial charge in [-0.15, -0.1) is 0 Å². The maximum Gasteiger partial charge on any atom is 0.259 e. The molecule has 1 fully saturated rings. The van der Waals surface area contributed by atoms with Gasteiger partial charge in [0.2, 0.25) is 0 Å². The normalized spacial score (nSPS) is 26.6. The van der Waals surface area contributed by atoms with Crippen LogP contribution in [0.4, 0.5) is 0 Å². The Balaban J connectivity index is 1.59. The van der Waals surface area contributed by atoms with E-state index in [9.17, 15) is 14.7 Å². The van der Waals surface area contributed by atoms with Gasteiger partial charge in [0.25, 0.3) is 11.8 Å². The molecule has 0 radical (unpaired) electrons. The van der Waals surface area contributed by atoms with Gasteiger partial charge in [0.05, 0.1) is 45.4 Å². The standard InChI is InChI=1S/C31H29N3O5/c1-4-9-15(2)38-20-14-21-33-18-12-7-5-10-16(18)22-24-25(30(37)32-29(24)36)23-17-11-6-8-13-19(17)34(27(23)26(22)33)31(3,39-21)28(20)35/h5-8,10-13,15,20-21,28,35H,4,9,14H2,1-3H3,(H,32,36,37)/t15-,20-,21+,28+,31-/m0/s1. The van der Waals surface area contributed by atoms with Crippen molar-refractivity contribution in [2.75, 3.05) is 0 Å². The summed E-state index contributed by atoms with van der Waals surface area (Å²) in [5, 5.41) is 17.7. The number of aliphatic hydroxyl groups is 1. The Morgan fingerprint density at radius 1 is 1.03 bits per heavy atom. The van der Waals surface area contributed by atoms with E-state index in [0.717, 1.165) is 51.1 Å². The van der Waals surface area contributed by atoms with Crippen LogP contribution >= 0.6 is 0 Å². The summed E-state index contributed by atoms with van der Waals surface area (Å²) in [6.45, 7) is 6.09. The van der Waals surface area contributed by atoms with Crippen LogP contribution in [0.15, 0.2) is 48.5 Å². The number of nitrogens with one attached hydrogen (secondary N) is 1. The zero-order valence-electron chi connectivity index (χ0n) is 22.0. The third kappa shape index (κ3) is 2.74. The monoisotopic (exact) mass is 523 g/mol. The lowest BCUT2D eigenvalue weighted by atomic mass is 9.94. The Bertz CT molecular complexity index is 1900. The molecule has 3 aromatic carbocycles. The first-order chi connectivity index (χ1) is 18.8. The molecule has 5 heterocycles. The molecular formula is C31H29N3O5. The smallest absolute Gasteiger partial charge is 0.259 e. The summed E-state index contributed by atoms with van der Waals surface area (Å²) >= 11 is 0. The van der Waals surface area contributed by atoms with Gasteiger partial charge in [0.15, 0.2) is 5.72 Å². The fourth-order valence-electron chi connectivity index (χ4n) is 7.47. The first-order valence-electron chi connectivity index (χ1n) is 13.7. The van der Waals surface area contributed by atoms with Crippen molar-refractivity contribution < 1.29 is 24.2 Å². The molecule has 0 saturated carbocycles. The van der Waals surface area contributed by atoms with E-state index in [1.54, 1.807) is 0 Å². The zero-order chi connectivity index (χ0) is 26.8. The quantitative estimate of drug-likeness (QED) is 0.311. The van der Waals surface area contributed by atoms with E-state index >= 15 is 0 Å². The second-order valence-electron chi connectivity index (χ2n) is 11.3. The highest BCUT2D eigenvalue weighted by molar-refractivity contribution is 6.39. The molecule has 8 heteroatoms. The Morgan fingerprint density at radius 3 is 2.33 bits per heavy atom. The largest absolute Gasteiger partial charge is 0.385 e. The Kier molecular flexibility index (Phi) is 4.57. The molecule has 39 heavy (non-hydrogen) atoms. The average molecular weight is 524 g/mol. The molecule has 3 aliphatic heterocycles. The highest BCUT2D eigenvalue weighted by Gasteiger charge is 2.53. The molecule has 2 amide bonds.